The molecule has 0 nitrogen and oxygen atoms in total. The fourth-order valence-electron chi connectivity index (χ4n) is 2.84. The van der Waals surface area contributed by atoms with Crippen LogP contribution in [0.1, 0.15) is 76.0 Å². The Bertz CT molecular complexity index is 410. The van der Waals surface area contributed by atoms with Crippen molar-refractivity contribution in [3.05, 3.63) is 22.8 Å². The zero-order chi connectivity index (χ0) is 15.0. The highest BCUT2D eigenvalue weighted by Crippen LogP contribution is 2.31. The van der Waals surface area contributed by atoms with E-state index in [-0.39, 0.29) is 0 Å². The Hall–Kier alpha value is -0.0800. The van der Waals surface area contributed by atoms with E-state index in [9.17, 15) is 0 Å². The highest BCUT2D eigenvalue weighted by molar-refractivity contribution is 7.83. The Labute approximate surface area is 136 Å². The molecule has 0 heterocycles. The molecule has 0 fully saturated rings. The second-order valence-electron chi connectivity index (χ2n) is 5.63. The molecule has 0 aromatic heterocycles. The molecule has 0 saturated heterocycles. The van der Waals surface area contributed by atoms with Gasteiger partial charge in [-0.05, 0) is 54.9 Å². The lowest BCUT2D eigenvalue weighted by molar-refractivity contribution is 0.661. The maximum absolute atomic E-state index is 4.70. The Morgan fingerprint density at radius 2 is 1.50 bits per heavy atom. The smallest absolute Gasteiger partial charge is 0.0209 e. The SMILES string of the molecule is CCCCCCc1cc(S)c(S)c(CCCC)c1CC. The second-order valence-corrected chi connectivity index (χ2v) is 6.56. The van der Waals surface area contributed by atoms with Gasteiger partial charge in [0.25, 0.3) is 0 Å². The average Bonchev–Trinajstić information content (AvgIpc) is 2.45. The third-order valence-electron chi connectivity index (χ3n) is 4.02. The first-order valence-electron chi connectivity index (χ1n) is 8.21. The third-order valence-corrected chi connectivity index (χ3v) is 5.06. The first kappa shape index (κ1) is 18.0. The van der Waals surface area contributed by atoms with E-state index in [0.717, 1.165) is 22.6 Å². The molecule has 0 amide bonds. The minimum absolute atomic E-state index is 1.06. The van der Waals surface area contributed by atoms with Crippen LogP contribution in [-0.4, -0.2) is 0 Å². The van der Waals surface area contributed by atoms with Crippen molar-refractivity contribution in [3.8, 4) is 0 Å². The largest absolute Gasteiger partial charge is 0.142 e. The molecule has 1 aromatic carbocycles. The van der Waals surface area contributed by atoms with E-state index in [1.807, 2.05) is 0 Å². The summed E-state index contributed by atoms with van der Waals surface area (Å²) in [6, 6.07) is 2.26. The van der Waals surface area contributed by atoms with Crippen LogP contribution in [0.3, 0.4) is 0 Å². The Morgan fingerprint density at radius 1 is 0.800 bits per heavy atom. The Morgan fingerprint density at radius 3 is 2.10 bits per heavy atom. The van der Waals surface area contributed by atoms with Crippen molar-refractivity contribution >= 4 is 25.3 Å². The van der Waals surface area contributed by atoms with Crippen LogP contribution < -0.4 is 0 Å². The number of thiol groups is 2. The molecule has 0 N–H and O–H groups in total. The summed E-state index contributed by atoms with van der Waals surface area (Å²) >= 11 is 9.34. The lowest BCUT2D eigenvalue weighted by Gasteiger charge is -2.18. The van der Waals surface area contributed by atoms with E-state index in [0.29, 0.717) is 0 Å². The molecular weight excluding hydrogens is 280 g/mol. The van der Waals surface area contributed by atoms with Crippen LogP contribution in [0.4, 0.5) is 0 Å². The summed E-state index contributed by atoms with van der Waals surface area (Å²) in [6.07, 6.45) is 11.2. The maximum atomic E-state index is 4.70. The van der Waals surface area contributed by atoms with E-state index < -0.39 is 0 Å². The summed E-state index contributed by atoms with van der Waals surface area (Å²) in [5.74, 6) is 0. The van der Waals surface area contributed by atoms with E-state index >= 15 is 0 Å². The highest BCUT2D eigenvalue weighted by atomic mass is 32.1. The molecular formula is C18H30S2. The van der Waals surface area contributed by atoms with Crippen molar-refractivity contribution in [1.29, 1.82) is 0 Å². The normalized spacial score (nSPS) is 11.1. The molecule has 0 saturated carbocycles. The van der Waals surface area contributed by atoms with Gasteiger partial charge in [0.1, 0.15) is 0 Å². The van der Waals surface area contributed by atoms with Crippen molar-refractivity contribution in [2.45, 2.75) is 88.3 Å². The summed E-state index contributed by atoms with van der Waals surface area (Å²) in [7, 11) is 0. The van der Waals surface area contributed by atoms with Crippen molar-refractivity contribution in [1.82, 2.24) is 0 Å². The molecule has 20 heavy (non-hydrogen) atoms. The molecule has 0 radical (unpaired) electrons. The monoisotopic (exact) mass is 310 g/mol. The fourth-order valence-corrected chi connectivity index (χ4v) is 3.44. The van der Waals surface area contributed by atoms with Gasteiger partial charge in [0, 0.05) is 9.79 Å². The minimum Gasteiger partial charge on any atom is -0.142 e. The highest BCUT2D eigenvalue weighted by Gasteiger charge is 2.13. The number of unbranched alkanes of at least 4 members (excludes halogenated alkanes) is 4. The molecule has 0 aliphatic carbocycles. The van der Waals surface area contributed by atoms with Crippen LogP contribution >= 0.6 is 25.3 Å². The van der Waals surface area contributed by atoms with Crippen molar-refractivity contribution in [2.24, 2.45) is 0 Å². The topological polar surface area (TPSA) is 0 Å². The quantitative estimate of drug-likeness (QED) is 0.388. The standard InChI is InChI=1S/C18H30S2/c1-4-7-9-10-11-14-13-17(19)18(20)16(12-8-5-2)15(14)6-3/h13,19-20H,4-12H2,1-3H3. The molecule has 2 heteroatoms. The van der Waals surface area contributed by atoms with Gasteiger partial charge in [0.15, 0.2) is 0 Å². The lowest BCUT2D eigenvalue weighted by Crippen LogP contribution is -2.03. The summed E-state index contributed by atoms with van der Waals surface area (Å²) in [5, 5.41) is 0. The van der Waals surface area contributed by atoms with Crippen molar-refractivity contribution in [3.63, 3.8) is 0 Å². The molecule has 1 aromatic rings. The Kier molecular flexibility index (Phi) is 8.79. The van der Waals surface area contributed by atoms with Crippen LogP contribution in [0, 0.1) is 0 Å². The summed E-state index contributed by atoms with van der Waals surface area (Å²) < 4.78 is 0. The van der Waals surface area contributed by atoms with E-state index in [1.54, 1.807) is 0 Å². The molecule has 0 aliphatic heterocycles. The van der Waals surface area contributed by atoms with Gasteiger partial charge in [-0.3, -0.25) is 0 Å². The van der Waals surface area contributed by atoms with E-state index in [2.05, 4.69) is 39.5 Å². The summed E-state index contributed by atoms with van der Waals surface area (Å²) in [6.45, 7) is 6.79. The van der Waals surface area contributed by atoms with Crippen molar-refractivity contribution in [2.75, 3.05) is 0 Å². The zero-order valence-corrected chi connectivity index (χ0v) is 15.1. The van der Waals surface area contributed by atoms with Gasteiger partial charge >= 0.3 is 0 Å². The summed E-state index contributed by atoms with van der Waals surface area (Å²) in [5.41, 5.74) is 4.51. The molecule has 114 valence electrons. The number of aryl methyl sites for hydroxylation is 1. The van der Waals surface area contributed by atoms with Crippen LogP contribution in [-0.2, 0) is 19.3 Å². The number of hydrogen-bond acceptors (Lipinski definition) is 2. The fraction of sp³-hybridized carbons (Fsp3) is 0.667. The van der Waals surface area contributed by atoms with Crippen molar-refractivity contribution < 1.29 is 0 Å². The molecule has 0 spiro atoms. The molecule has 0 bridgehead atoms. The number of benzene rings is 1. The third kappa shape index (κ3) is 5.04. The molecule has 0 atom stereocenters. The Balaban J connectivity index is 2.94. The summed E-state index contributed by atoms with van der Waals surface area (Å²) in [4.78, 5) is 2.16. The average molecular weight is 311 g/mol. The first-order chi connectivity index (χ1) is 9.65. The maximum Gasteiger partial charge on any atom is 0.0209 e. The van der Waals surface area contributed by atoms with Crippen LogP contribution in [0.2, 0.25) is 0 Å². The van der Waals surface area contributed by atoms with Gasteiger partial charge in [0.05, 0.1) is 0 Å². The minimum atomic E-state index is 1.06. The van der Waals surface area contributed by atoms with Crippen LogP contribution in [0.15, 0.2) is 15.9 Å². The molecule has 1 rings (SSSR count). The lowest BCUT2D eigenvalue weighted by atomic mass is 9.92. The van der Waals surface area contributed by atoms with Gasteiger partial charge in [0.2, 0.25) is 0 Å². The van der Waals surface area contributed by atoms with Crippen LogP contribution in [0.25, 0.3) is 0 Å². The van der Waals surface area contributed by atoms with Gasteiger partial charge in [-0.15, -0.1) is 25.3 Å². The van der Waals surface area contributed by atoms with E-state index in [1.165, 1.54) is 61.6 Å². The molecule has 0 unspecified atom stereocenters. The van der Waals surface area contributed by atoms with Gasteiger partial charge in [-0.1, -0.05) is 46.5 Å². The number of rotatable bonds is 9. The predicted molar refractivity (Wildman–Crippen MR) is 96.8 cm³/mol. The van der Waals surface area contributed by atoms with Gasteiger partial charge in [-0.25, -0.2) is 0 Å². The predicted octanol–water partition coefficient (Wildman–Crippen LogP) is 6.29. The van der Waals surface area contributed by atoms with Gasteiger partial charge < -0.3 is 0 Å². The zero-order valence-electron chi connectivity index (χ0n) is 13.3. The first-order valence-corrected chi connectivity index (χ1v) is 9.10. The molecule has 0 aliphatic rings. The van der Waals surface area contributed by atoms with Gasteiger partial charge in [-0.2, -0.15) is 0 Å². The van der Waals surface area contributed by atoms with E-state index in [4.69, 9.17) is 12.6 Å². The number of hydrogen-bond donors (Lipinski definition) is 2. The van der Waals surface area contributed by atoms with Crippen LogP contribution in [0.5, 0.6) is 0 Å². The second kappa shape index (κ2) is 9.78.